The molecule has 0 aliphatic carbocycles. The molecule has 27 heavy (non-hydrogen) atoms. The van der Waals surface area contributed by atoms with E-state index in [1.807, 2.05) is 36.4 Å². The lowest BCUT2D eigenvalue weighted by molar-refractivity contribution is 0.280. The van der Waals surface area contributed by atoms with Crippen LogP contribution in [-0.4, -0.2) is 26.7 Å². The highest BCUT2D eigenvalue weighted by Gasteiger charge is 2.10. The van der Waals surface area contributed by atoms with Crippen molar-refractivity contribution >= 4 is 36.4 Å². The van der Waals surface area contributed by atoms with Crippen LogP contribution in [0.25, 0.3) is 0 Å². The molecule has 0 spiro atoms. The van der Waals surface area contributed by atoms with Gasteiger partial charge in [-0.15, -0.1) is 24.8 Å². The lowest BCUT2D eigenvalue weighted by Crippen LogP contribution is -2.21. The van der Waals surface area contributed by atoms with E-state index in [-0.39, 0.29) is 24.8 Å². The minimum atomic E-state index is 0. The van der Waals surface area contributed by atoms with Crippen molar-refractivity contribution in [2.75, 3.05) is 26.7 Å². The molecule has 0 amide bonds. The van der Waals surface area contributed by atoms with E-state index in [4.69, 9.17) is 21.1 Å². The number of nitrogens with one attached hydrogen (secondary N) is 2. The van der Waals surface area contributed by atoms with E-state index < -0.39 is 0 Å². The molecule has 0 saturated carbocycles. The minimum absolute atomic E-state index is 0. The number of para-hydroxylation sites is 1. The molecule has 2 N–H and O–H groups in total. The fourth-order valence-electron chi connectivity index (χ4n) is 2.50. The molecule has 0 bridgehead atoms. The van der Waals surface area contributed by atoms with E-state index in [1.54, 1.807) is 7.11 Å². The van der Waals surface area contributed by atoms with Crippen LogP contribution in [0.15, 0.2) is 42.5 Å². The maximum atomic E-state index is 6.06. The van der Waals surface area contributed by atoms with Gasteiger partial charge in [0.15, 0.2) is 11.5 Å². The van der Waals surface area contributed by atoms with E-state index in [2.05, 4.69) is 23.6 Å². The third-order valence-corrected chi connectivity index (χ3v) is 4.10. The maximum absolute atomic E-state index is 6.06. The van der Waals surface area contributed by atoms with Crippen LogP contribution in [0.4, 0.5) is 0 Å². The number of ether oxygens (including phenoxy) is 2. The van der Waals surface area contributed by atoms with Gasteiger partial charge in [0.2, 0.25) is 0 Å². The van der Waals surface area contributed by atoms with Crippen molar-refractivity contribution in [3.8, 4) is 11.5 Å². The maximum Gasteiger partial charge on any atom is 0.166 e. The van der Waals surface area contributed by atoms with Gasteiger partial charge in [0.1, 0.15) is 6.61 Å². The summed E-state index contributed by atoms with van der Waals surface area (Å²) < 4.78 is 11.5. The zero-order valence-corrected chi connectivity index (χ0v) is 18.2. The summed E-state index contributed by atoms with van der Waals surface area (Å²) in [6.07, 6.45) is 1.10. The molecular weight excluding hydrogens is 407 g/mol. The Morgan fingerprint density at radius 3 is 2.33 bits per heavy atom. The lowest BCUT2D eigenvalue weighted by Gasteiger charge is -2.16. The van der Waals surface area contributed by atoms with Gasteiger partial charge in [0.05, 0.1) is 7.11 Å². The lowest BCUT2D eigenvalue weighted by atomic mass is 10.1. The fourth-order valence-corrected chi connectivity index (χ4v) is 2.63. The van der Waals surface area contributed by atoms with Gasteiger partial charge in [-0.2, -0.15) is 0 Å². The topological polar surface area (TPSA) is 42.5 Å². The van der Waals surface area contributed by atoms with Crippen LogP contribution in [0.5, 0.6) is 11.5 Å². The highest BCUT2D eigenvalue weighted by molar-refractivity contribution is 6.30. The molecule has 2 rings (SSSR count). The zero-order valence-electron chi connectivity index (χ0n) is 15.8. The van der Waals surface area contributed by atoms with Gasteiger partial charge < -0.3 is 20.1 Å². The first-order chi connectivity index (χ1) is 12.2. The molecule has 4 nitrogen and oxygen atoms in total. The summed E-state index contributed by atoms with van der Waals surface area (Å²) in [5, 5.41) is 7.52. The molecule has 0 heterocycles. The van der Waals surface area contributed by atoms with Gasteiger partial charge in [-0.3, -0.25) is 0 Å². The Hall–Kier alpha value is -1.17. The van der Waals surface area contributed by atoms with E-state index in [9.17, 15) is 0 Å². The number of methoxy groups -OCH3 is 1. The summed E-state index contributed by atoms with van der Waals surface area (Å²) >= 11 is 5.93. The highest BCUT2D eigenvalue weighted by atomic mass is 35.5. The minimum Gasteiger partial charge on any atom is -0.493 e. The van der Waals surface area contributed by atoms with Crippen LogP contribution in [0.3, 0.4) is 0 Å². The molecule has 0 radical (unpaired) electrons. The van der Waals surface area contributed by atoms with E-state index in [0.717, 1.165) is 60.2 Å². The summed E-state index contributed by atoms with van der Waals surface area (Å²) in [5.41, 5.74) is 2.16. The second-order valence-electron chi connectivity index (χ2n) is 5.75. The second kappa shape index (κ2) is 14.8. The Kier molecular flexibility index (Phi) is 14.2. The van der Waals surface area contributed by atoms with Gasteiger partial charge in [0, 0.05) is 17.1 Å². The standard InChI is InChI=1S/C20H27ClN2O2.2ClH/c1-3-22-12-5-13-23-14-17-6-4-7-19(24-2)20(17)25-15-16-8-10-18(21)11-9-16;;/h4,6-11,22-23H,3,5,12-15H2,1-2H3;2*1H. The molecule has 2 aromatic carbocycles. The van der Waals surface area contributed by atoms with Gasteiger partial charge in [-0.25, -0.2) is 0 Å². The Labute approximate surface area is 179 Å². The average molecular weight is 436 g/mol. The van der Waals surface area contributed by atoms with Crippen LogP contribution < -0.4 is 20.1 Å². The van der Waals surface area contributed by atoms with Crippen LogP contribution in [0, 0.1) is 0 Å². The highest BCUT2D eigenvalue weighted by Crippen LogP contribution is 2.31. The molecule has 0 unspecified atom stereocenters. The second-order valence-corrected chi connectivity index (χ2v) is 6.18. The first-order valence-corrected chi connectivity index (χ1v) is 9.07. The predicted octanol–water partition coefficient (Wildman–Crippen LogP) is 4.86. The van der Waals surface area contributed by atoms with Gasteiger partial charge in [-0.1, -0.05) is 42.8 Å². The van der Waals surface area contributed by atoms with Gasteiger partial charge in [-0.05, 0) is 49.8 Å². The molecule has 0 aromatic heterocycles. The van der Waals surface area contributed by atoms with Crippen molar-refractivity contribution in [1.29, 1.82) is 0 Å². The van der Waals surface area contributed by atoms with Crippen LogP contribution in [0.2, 0.25) is 5.02 Å². The molecule has 0 aliphatic rings. The predicted molar refractivity (Wildman–Crippen MR) is 118 cm³/mol. The van der Waals surface area contributed by atoms with Crippen molar-refractivity contribution in [3.63, 3.8) is 0 Å². The molecule has 7 heteroatoms. The first-order valence-electron chi connectivity index (χ1n) is 8.69. The summed E-state index contributed by atoms with van der Waals surface area (Å²) in [6.45, 7) is 6.35. The number of halogens is 3. The largest absolute Gasteiger partial charge is 0.493 e. The quantitative estimate of drug-likeness (QED) is 0.495. The molecule has 0 fully saturated rings. The SMILES string of the molecule is CCNCCCNCc1cccc(OC)c1OCc1ccc(Cl)cc1.Cl.Cl. The molecule has 0 saturated heterocycles. The normalized spacial score (nSPS) is 9.89. The van der Waals surface area contributed by atoms with Gasteiger partial charge >= 0.3 is 0 Å². The average Bonchev–Trinajstić information content (AvgIpc) is 2.64. The number of rotatable bonds is 11. The summed E-state index contributed by atoms with van der Waals surface area (Å²) in [7, 11) is 1.66. The molecule has 0 atom stereocenters. The van der Waals surface area contributed by atoms with Crippen molar-refractivity contribution in [2.45, 2.75) is 26.5 Å². The van der Waals surface area contributed by atoms with Gasteiger partial charge in [0.25, 0.3) is 0 Å². The third kappa shape index (κ3) is 9.04. The number of hydrogen-bond donors (Lipinski definition) is 2. The van der Waals surface area contributed by atoms with Crippen LogP contribution in [0.1, 0.15) is 24.5 Å². The third-order valence-electron chi connectivity index (χ3n) is 3.85. The first kappa shape index (κ1) is 25.8. The zero-order chi connectivity index (χ0) is 17.9. The van der Waals surface area contributed by atoms with E-state index in [0.29, 0.717) is 6.61 Å². The van der Waals surface area contributed by atoms with Crippen LogP contribution in [-0.2, 0) is 13.2 Å². The fraction of sp³-hybridized carbons (Fsp3) is 0.400. The smallest absolute Gasteiger partial charge is 0.166 e. The summed E-state index contributed by atoms with van der Waals surface area (Å²) in [4.78, 5) is 0. The molecule has 152 valence electrons. The van der Waals surface area contributed by atoms with E-state index >= 15 is 0 Å². The van der Waals surface area contributed by atoms with Crippen molar-refractivity contribution < 1.29 is 9.47 Å². The Bertz CT molecular complexity index is 640. The monoisotopic (exact) mass is 434 g/mol. The van der Waals surface area contributed by atoms with Crippen molar-refractivity contribution in [2.24, 2.45) is 0 Å². The van der Waals surface area contributed by atoms with Crippen LogP contribution >= 0.6 is 36.4 Å². The molecule has 0 aliphatic heterocycles. The van der Waals surface area contributed by atoms with Crippen molar-refractivity contribution in [1.82, 2.24) is 10.6 Å². The summed E-state index contributed by atoms with van der Waals surface area (Å²) in [6, 6.07) is 13.7. The number of benzene rings is 2. The Morgan fingerprint density at radius 2 is 1.67 bits per heavy atom. The Morgan fingerprint density at radius 1 is 0.963 bits per heavy atom. The summed E-state index contributed by atoms with van der Waals surface area (Å²) in [5.74, 6) is 1.54. The number of hydrogen-bond acceptors (Lipinski definition) is 4. The Balaban J connectivity index is 0.00000338. The van der Waals surface area contributed by atoms with Crippen molar-refractivity contribution in [3.05, 3.63) is 58.6 Å². The molecular formula is C20H29Cl3N2O2. The molecule has 2 aromatic rings. The van der Waals surface area contributed by atoms with E-state index in [1.165, 1.54) is 0 Å².